The summed E-state index contributed by atoms with van der Waals surface area (Å²) in [6.45, 7) is 0. The van der Waals surface area contributed by atoms with Crippen molar-refractivity contribution in [2.24, 2.45) is 0 Å². The summed E-state index contributed by atoms with van der Waals surface area (Å²) in [4.78, 5) is 11.5. The smallest absolute Gasteiger partial charge is 0 e. The fourth-order valence-electron chi connectivity index (χ4n) is 0.508. The Balaban J connectivity index is 0.000000640. The molecule has 0 unspecified atom stereocenters. The van der Waals surface area contributed by atoms with Crippen molar-refractivity contribution < 1.29 is 18.8 Å². The van der Waals surface area contributed by atoms with Gasteiger partial charge >= 0.3 is 52.9 Å². The van der Waals surface area contributed by atoms with Crippen LogP contribution in [-0.2, 0) is 18.8 Å². The van der Waals surface area contributed by atoms with Gasteiger partial charge in [0, 0.05) is 24.0 Å². The van der Waals surface area contributed by atoms with Crippen molar-refractivity contribution in [1.82, 2.24) is 0 Å². The molecule has 0 heterocycles. The maximum atomic E-state index is 9.74. The SMILES string of the molecule is O=[C]=[Ni][C]1=CC=CC1.[I]. The first kappa shape index (κ1) is 9.28. The normalized spacial score (nSPS) is 14.4. The predicted molar refractivity (Wildman–Crippen MR) is 41.6 cm³/mol. The van der Waals surface area contributed by atoms with E-state index in [1.54, 1.807) is 4.86 Å². The van der Waals surface area contributed by atoms with E-state index in [0.29, 0.717) is 0 Å². The molecule has 0 aromatic heterocycles. The van der Waals surface area contributed by atoms with Crippen LogP contribution in [0.1, 0.15) is 6.42 Å². The van der Waals surface area contributed by atoms with E-state index in [-0.39, 0.29) is 24.0 Å². The molecule has 1 nitrogen and oxygen atoms in total. The second-order valence-corrected chi connectivity index (χ2v) is 2.43. The third-order valence-electron chi connectivity index (χ3n) is 0.837. The van der Waals surface area contributed by atoms with Gasteiger partial charge in [0.15, 0.2) is 0 Å². The third kappa shape index (κ3) is 3.09. The summed E-state index contributed by atoms with van der Waals surface area (Å²) in [5.74, 6) is 0. The number of halogens is 1. The van der Waals surface area contributed by atoms with E-state index in [0.717, 1.165) is 25.0 Å². The molecule has 1 aliphatic carbocycles. The summed E-state index contributed by atoms with van der Waals surface area (Å²) in [5.41, 5.74) is 0. The first-order valence-corrected chi connectivity index (χ1v) is 3.23. The van der Waals surface area contributed by atoms with Crippen LogP contribution in [-0.4, -0.2) is 4.86 Å². The Labute approximate surface area is 76.6 Å². The first-order chi connectivity index (χ1) is 3.93. The van der Waals surface area contributed by atoms with Crippen molar-refractivity contribution in [2.45, 2.75) is 6.42 Å². The molecule has 1 radical (unpaired) electrons. The molecule has 3 heteroatoms. The van der Waals surface area contributed by atoms with Crippen molar-refractivity contribution in [3.63, 3.8) is 0 Å². The van der Waals surface area contributed by atoms with Crippen LogP contribution in [0, 0.1) is 0 Å². The summed E-state index contributed by atoms with van der Waals surface area (Å²) in [6, 6.07) is 0. The zero-order valence-electron chi connectivity index (χ0n) is 4.54. The van der Waals surface area contributed by atoms with E-state index < -0.39 is 0 Å². The molecule has 0 saturated carbocycles. The maximum Gasteiger partial charge on any atom is 0 e. The zero-order chi connectivity index (χ0) is 5.82. The van der Waals surface area contributed by atoms with E-state index in [1.807, 2.05) is 18.2 Å². The van der Waals surface area contributed by atoms with E-state index in [9.17, 15) is 4.79 Å². The summed E-state index contributed by atoms with van der Waals surface area (Å²) in [7, 11) is 0. The topological polar surface area (TPSA) is 17.1 Å². The van der Waals surface area contributed by atoms with Crippen LogP contribution in [0.2, 0.25) is 0 Å². The fraction of sp³-hybridized carbons (Fsp3) is 0.167. The molecule has 0 bridgehead atoms. The molecule has 0 spiro atoms. The molecule has 1 aliphatic rings. The fourth-order valence-corrected chi connectivity index (χ4v) is 1.03. The van der Waals surface area contributed by atoms with Crippen LogP contribution in [0.25, 0.3) is 0 Å². The average molecular weight is 279 g/mol. The molecule has 0 N–H and O–H groups in total. The van der Waals surface area contributed by atoms with Crippen molar-refractivity contribution in [1.29, 1.82) is 0 Å². The molecule has 0 saturated heterocycles. The summed E-state index contributed by atoms with van der Waals surface area (Å²) in [5, 5.41) is 0. The van der Waals surface area contributed by atoms with Gasteiger partial charge in [-0.1, -0.05) is 0 Å². The molecule has 0 aliphatic heterocycles. The van der Waals surface area contributed by atoms with Crippen molar-refractivity contribution in [3.05, 3.63) is 22.8 Å². The number of allylic oxidation sites excluding steroid dienone is 4. The standard InChI is InChI=1S/C5H5.CO.I.Ni/c1-2-4-5-3-1;1-2;;/h1-3H,4H2;;;. The van der Waals surface area contributed by atoms with Gasteiger partial charge in [-0.25, -0.2) is 0 Å². The van der Waals surface area contributed by atoms with E-state index in [1.165, 1.54) is 0 Å². The molecule has 0 aromatic carbocycles. The Bertz CT molecular complexity index is 189. The largest absolute Gasteiger partial charge is 0 e. The Hall–Kier alpha value is 0.284. The first-order valence-electron chi connectivity index (χ1n) is 2.24. The minimum absolute atomic E-state index is 0. The van der Waals surface area contributed by atoms with E-state index in [4.69, 9.17) is 0 Å². The van der Waals surface area contributed by atoms with Gasteiger partial charge in [0.05, 0.1) is 0 Å². The van der Waals surface area contributed by atoms with Gasteiger partial charge in [0.2, 0.25) is 0 Å². The molecule has 0 amide bonds. The Kier molecular flexibility index (Phi) is 5.26. The van der Waals surface area contributed by atoms with E-state index >= 15 is 0 Å². The monoisotopic (exact) mass is 278 g/mol. The predicted octanol–water partition coefficient (Wildman–Crippen LogP) is 1.87. The van der Waals surface area contributed by atoms with Crippen LogP contribution < -0.4 is 0 Å². The summed E-state index contributed by atoms with van der Waals surface area (Å²) in [6.07, 6.45) is 6.82. The van der Waals surface area contributed by atoms with Gasteiger partial charge in [0.25, 0.3) is 0 Å². The number of rotatable bonds is 1. The average Bonchev–Trinajstić information content (AvgIpc) is 2.19. The summed E-state index contributed by atoms with van der Waals surface area (Å²) < 4.78 is 1.10. The van der Waals surface area contributed by atoms with Crippen molar-refractivity contribution in [2.75, 3.05) is 0 Å². The Morgan fingerprint density at radius 3 is 2.89 bits per heavy atom. The molecule has 1 rings (SSSR count). The molecule has 9 heavy (non-hydrogen) atoms. The molecule has 0 aromatic rings. The quantitative estimate of drug-likeness (QED) is 0.529. The van der Waals surface area contributed by atoms with Gasteiger partial charge in [0.1, 0.15) is 0 Å². The van der Waals surface area contributed by atoms with Gasteiger partial charge in [-0.05, 0) is 0 Å². The molecular weight excluding hydrogens is 274 g/mol. The summed E-state index contributed by atoms with van der Waals surface area (Å²) >= 11 is 0.969. The minimum atomic E-state index is 0. The zero-order valence-corrected chi connectivity index (χ0v) is 7.69. The van der Waals surface area contributed by atoms with Crippen LogP contribution in [0.5, 0.6) is 0 Å². The molecule has 52 valence electrons. The van der Waals surface area contributed by atoms with Crippen molar-refractivity contribution in [3.8, 4) is 0 Å². The second-order valence-electron chi connectivity index (χ2n) is 1.35. The number of carbonyl (C=O) groups excluding carboxylic acids is 1. The Morgan fingerprint density at radius 2 is 2.44 bits per heavy atom. The second kappa shape index (κ2) is 5.10. The minimum Gasteiger partial charge on any atom is 0 e. The van der Waals surface area contributed by atoms with Gasteiger partial charge < -0.3 is 0 Å². The van der Waals surface area contributed by atoms with Crippen LogP contribution in [0.4, 0.5) is 0 Å². The van der Waals surface area contributed by atoms with E-state index in [2.05, 4.69) is 0 Å². The van der Waals surface area contributed by atoms with Gasteiger partial charge in [-0.3, -0.25) is 0 Å². The van der Waals surface area contributed by atoms with Gasteiger partial charge in [-0.2, -0.15) is 0 Å². The maximum absolute atomic E-state index is 9.74. The van der Waals surface area contributed by atoms with Crippen molar-refractivity contribution >= 4 is 28.8 Å². The number of hydrogen-bond acceptors (Lipinski definition) is 1. The van der Waals surface area contributed by atoms with Crippen LogP contribution in [0.3, 0.4) is 0 Å². The molecule has 0 atom stereocenters. The van der Waals surface area contributed by atoms with Crippen LogP contribution in [0.15, 0.2) is 22.8 Å². The molecule has 0 fully saturated rings. The third-order valence-corrected chi connectivity index (χ3v) is 1.62. The number of hydrogen-bond donors (Lipinski definition) is 0. The van der Waals surface area contributed by atoms with Gasteiger partial charge in [-0.15, -0.1) is 0 Å². The Morgan fingerprint density at radius 1 is 1.67 bits per heavy atom. The molecular formula is C6H5INiO. The van der Waals surface area contributed by atoms with Crippen LogP contribution >= 0.6 is 24.0 Å².